The van der Waals surface area contributed by atoms with Gasteiger partial charge in [-0.2, -0.15) is 0 Å². The maximum Gasteiger partial charge on any atom is 0.513 e. The van der Waals surface area contributed by atoms with Gasteiger partial charge in [0.25, 0.3) is 0 Å². The van der Waals surface area contributed by atoms with E-state index in [2.05, 4.69) is 0 Å². The number of carbonyl (C=O) groups excluding carboxylic acids is 3. The number of hydrogen-bond acceptors (Lipinski definition) is 12. The maximum atomic E-state index is 12.5. The summed E-state index contributed by atoms with van der Waals surface area (Å²) in [5.41, 5.74) is 11.0. The van der Waals surface area contributed by atoms with Crippen LogP contribution in [0, 0.1) is 0 Å². The van der Waals surface area contributed by atoms with E-state index in [4.69, 9.17) is 45.0 Å². The van der Waals surface area contributed by atoms with Crippen molar-refractivity contribution in [2.24, 2.45) is 11.5 Å². The van der Waals surface area contributed by atoms with E-state index < -0.39 is 36.1 Å². The Hall–Kier alpha value is -4.20. The number of carboxylic acids is 1. The highest BCUT2D eigenvalue weighted by molar-refractivity contribution is 6.12. The van der Waals surface area contributed by atoms with Gasteiger partial charge in [-0.25, -0.2) is 9.59 Å². The third-order valence-electron chi connectivity index (χ3n) is 5.69. The molecule has 2 atom stereocenters. The molecule has 39 heavy (non-hydrogen) atoms. The average Bonchev–Trinajstić information content (AvgIpc) is 3.36. The van der Waals surface area contributed by atoms with E-state index in [1.54, 1.807) is 24.3 Å². The minimum atomic E-state index is -1.16. The number of fused-ring (bicyclic) bond motifs is 2. The topological polar surface area (TPSA) is 211 Å². The predicted molar refractivity (Wildman–Crippen MR) is 137 cm³/mol. The van der Waals surface area contributed by atoms with E-state index in [-0.39, 0.29) is 60.9 Å². The number of carbonyl (C=O) groups is 4. The molecule has 3 aromatic rings. The number of rotatable bonds is 13. The summed E-state index contributed by atoms with van der Waals surface area (Å²) in [5.74, 6) is -1.70. The second kappa shape index (κ2) is 13.6. The number of aliphatic hydroxyl groups is 1. The van der Waals surface area contributed by atoms with Crippen molar-refractivity contribution in [3.8, 4) is 11.5 Å². The van der Waals surface area contributed by atoms with Gasteiger partial charge in [0.2, 0.25) is 0 Å². The molecular formula is C26H30N2O11. The first kappa shape index (κ1) is 29.4. The fourth-order valence-electron chi connectivity index (χ4n) is 3.66. The maximum absolute atomic E-state index is 12.5. The molecule has 13 heteroatoms. The summed E-state index contributed by atoms with van der Waals surface area (Å²) < 4.78 is 26.8. The third-order valence-corrected chi connectivity index (χ3v) is 5.69. The van der Waals surface area contributed by atoms with Crippen molar-refractivity contribution in [3.63, 3.8) is 0 Å². The highest BCUT2D eigenvalue weighted by Gasteiger charge is 2.25. The van der Waals surface area contributed by atoms with Crippen molar-refractivity contribution in [1.82, 2.24) is 0 Å². The summed E-state index contributed by atoms with van der Waals surface area (Å²) in [7, 11) is 0. The quantitative estimate of drug-likeness (QED) is 0.105. The van der Waals surface area contributed by atoms with Crippen LogP contribution >= 0.6 is 0 Å². The van der Waals surface area contributed by atoms with Gasteiger partial charge in [0.1, 0.15) is 6.04 Å². The van der Waals surface area contributed by atoms with E-state index in [0.717, 1.165) is 0 Å². The molecule has 0 bridgehead atoms. The molecule has 1 aromatic heterocycles. The molecule has 0 radical (unpaired) electrons. The molecule has 0 saturated heterocycles. The Morgan fingerprint density at radius 1 is 0.897 bits per heavy atom. The summed E-state index contributed by atoms with van der Waals surface area (Å²) in [6.07, 6.45) is -0.988. The molecule has 0 spiro atoms. The Morgan fingerprint density at radius 2 is 1.46 bits per heavy atom. The predicted octanol–water partition coefficient (Wildman–Crippen LogP) is 3.11. The van der Waals surface area contributed by atoms with Gasteiger partial charge in [-0.05, 0) is 31.7 Å². The lowest BCUT2D eigenvalue weighted by Gasteiger charge is -2.14. The number of furan rings is 1. The fourth-order valence-corrected chi connectivity index (χ4v) is 3.66. The lowest BCUT2D eigenvalue weighted by atomic mass is 10.1. The third kappa shape index (κ3) is 7.66. The lowest BCUT2D eigenvalue weighted by Crippen LogP contribution is -2.30. The van der Waals surface area contributed by atoms with E-state index in [9.17, 15) is 19.2 Å². The van der Waals surface area contributed by atoms with Crippen LogP contribution in [-0.4, -0.2) is 66.2 Å². The van der Waals surface area contributed by atoms with Crippen LogP contribution in [0.4, 0.5) is 9.59 Å². The molecule has 0 aliphatic heterocycles. The fraction of sp³-hybridized carbons (Fsp3) is 0.385. The Bertz CT molecular complexity index is 1350. The van der Waals surface area contributed by atoms with Crippen molar-refractivity contribution in [2.45, 2.75) is 44.7 Å². The zero-order chi connectivity index (χ0) is 28.5. The van der Waals surface area contributed by atoms with Crippen LogP contribution in [-0.2, 0) is 14.3 Å². The first-order valence-corrected chi connectivity index (χ1v) is 12.2. The van der Waals surface area contributed by atoms with Crippen molar-refractivity contribution < 1.29 is 52.8 Å². The number of Topliss-reactive ketones (excluding diaryl/α,β-unsaturated/α-hetero) is 1. The van der Waals surface area contributed by atoms with Crippen LogP contribution in [0.5, 0.6) is 11.5 Å². The van der Waals surface area contributed by atoms with Gasteiger partial charge in [0, 0.05) is 23.7 Å². The van der Waals surface area contributed by atoms with Crippen LogP contribution in [0.25, 0.3) is 21.7 Å². The van der Waals surface area contributed by atoms with Gasteiger partial charge >= 0.3 is 18.3 Å². The molecule has 0 aliphatic carbocycles. The van der Waals surface area contributed by atoms with Crippen LogP contribution in [0.1, 0.15) is 43.2 Å². The van der Waals surface area contributed by atoms with Crippen molar-refractivity contribution >= 4 is 45.8 Å². The molecule has 2 aromatic carbocycles. The normalized spacial score (nSPS) is 12.6. The molecule has 3 rings (SSSR count). The number of aliphatic carboxylic acids is 1. The molecule has 0 saturated carbocycles. The standard InChI is InChI=1S/C26H30N2O11/c1-14(30)20-12-18-21(38-25(33)36-11-5-9-19(28)24(31)32)16-7-2-3-8-17(16)22(23(18)37-20)39-26(34)35-10-4-6-15(27)13-29/h2-3,7-8,12,15,19,29H,4-6,9-11,13,27-28H2,1H3,(H,31,32)/t15-,19-/m0/s1. The number of aliphatic hydroxyl groups excluding tert-OH is 1. The second-order valence-electron chi connectivity index (χ2n) is 8.69. The van der Waals surface area contributed by atoms with Gasteiger partial charge in [0.05, 0.1) is 25.2 Å². The summed E-state index contributed by atoms with van der Waals surface area (Å²) in [5, 5.41) is 18.7. The van der Waals surface area contributed by atoms with Gasteiger partial charge < -0.3 is 45.0 Å². The van der Waals surface area contributed by atoms with E-state index in [1.165, 1.54) is 13.0 Å². The zero-order valence-electron chi connectivity index (χ0n) is 21.2. The smallest absolute Gasteiger partial charge is 0.480 e. The summed E-state index contributed by atoms with van der Waals surface area (Å²) in [6.45, 7) is 0.947. The molecule has 1 heterocycles. The number of carboxylic acid groups (broad SMARTS) is 1. The monoisotopic (exact) mass is 546 g/mol. The van der Waals surface area contributed by atoms with Gasteiger partial charge in [0.15, 0.2) is 28.6 Å². The molecule has 13 nitrogen and oxygen atoms in total. The lowest BCUT2D eigenvalue weighted by molar-refractivity contribution is -0.138. The molecule has 0 aliphatic rings. The molecule has 0 unspecified atom stereocenters. The van der Waals surface area contributed by atoms with Crippen LogP contribution in [0.2, 0.25) is 0 Å². The SMILES string of the molecule is CC(=O)c1cc2c(OC(=O)OCCC[C@H](N)C(=O)O)c3ccccc3c(OC(=O)OCCC[C@H](N)CO)c2o1. The first-order valence-electron chi connectivity index (χ1n) is 12.2. The van der Waals surface area contributed by atoms with Gasteiger partial charge in [-0.3, -0.25) is 9.59 Å². The highest BCUT2D eigenvalue weighted by Crippen LogP contribution is 2.44. The summed E-state index contributed by atoms with van der Waals surface area (Å²) >= 11 is 0. The number of ether oxygens (including phenoxy) is 4. The highest BCUT2D eigenvalue weighted by atomic mass is 16.7. The molecule has 6 N–H and O–H groups in total. The Morgan fingerprint density at radius 3 is 2.03 bits per heavy atom. The van der Waals surface area contributed by atoms with E-state index in [0.29, 0.717) is 23.6 Å². The minimum Gasteiger partial charge on any atom is -0.480 e. The van der Waals surface area contributed by atoms with Crippen molar-refractivity contribution in [2.75, 3.05) is 19.8 Å². The molecule has 0 amide bonds. The van der Waals surface area contributed by atoms with Crippen molar-refractivity contribution in [1.29, 1.82) is 0 Å². The Balaban J connectivity index is 1.87. The van der Waals surface area contributed by atoms with Crippen LogP contribution < -0.4 is 20.9 Å². The molecule has 0 fully saturated rings. The number of benzene rings is 2. The molecular weight excluding hydrogens is 516 g/mol. The Labute approximate surface area is 222 Å². The number of hydrogen-bond donors (Lipinski definition) is 4. The van der Waals surface area contributed by atoms with Crippen LogP contribution in [0.15, 0.2) is 34.7 Å². The number of ketones is 1. The summed E-state index contributed by atoms with van der Waals surface area (Å²) in [6, 6.07) is 6.37. The van der Waals surface area contributed by atoms with Crippen molar-refractivity contribution in [3.05, 3.63) is 36.1 Å². The van der Waals surface area contributed by atoms with Crippen LogP contribution in [0.3, 0.4) is 0 Å². The van der Waals surface area contributed by atoms with Gasteiger partial charge in [-0.15, -0.1) is 0 Å². The van der Waals surface area contributed by atoms with E-state index >= 15 is 0 Å². The minimum absolute atomic E-state index is 0.00259. The number of nitrogens with two attached hydrogens (primary N) is 2. The Kier molecular flexibility index (Phi) is 10.2. The van der Waals surface area contributed by atoms with E-state index in [1.807, 2.05) is 0 Å². The zero-order valence-corrected chi connectivity index (χ0v) is 21.2. The first-order chi connectivity index (χ1) is 18.6. The molecule has 210 valence electrons. The van der Waals surface area contributed by atoms with Gasteiger partial charge in [-0.1, -0.05) is 24.3 Å². The summed E-state index contributed by atoms with van der Waals surface area (Å²) in [4.78, 5) is 47.8. The average molecular weight is 547 g/mol. The second-order valence-corrected chi connectivity index (χ2v) is 8.69. The largest absolute Gasteiger partial charge is 0.513 e.